The molecule has 0 radical (unpaired) electrons. The molecule has 296 valence electrons. The summed E-state index contributed by atoms with van der Waals surface area (Å²) in [5.74, 6) is 0.502. The number of methoxy groups -OCH3 is 2. The van der Waals surface area contributed by atoms with Crippen LogP contribution in [0.15, 0.2) is 110 Å². The molecule has 0 unspecified atom stereocenters. The summed E-state index contributed by atoms with van der Waals surface area (Å²) < 4.78 is 9.53. The maximum Gasteiger partial charge on any atom is 0.407 e. The van der Waals surface area contributed by atoms with E-state index >= 15 is 0 Å². The molecule has 1 aliphatic rings. The second-order valence-corrected chi connectivity index (χ2v) is 13.6. The lowest BCUT2D eigenvalue weighted by molar-refractivity contribution is -0.134. The number of hydrogen-bond donors (Lipinski definition) is 5. The zero-order valence-corrected chi connectivity index (χ0v) is 32.0. The number of imidazole rings is 2. The number of carbonyl (C=O) groups excluding carboxylic acids is 4. The highest BCUT2D eigenvalue weighted by Crippen LogP contribution is 2.34. The number of likely N-dealkylation sites (tertiary alicyclic amines) is 1. The largest absolute Gasteiger partial charge is 0.453 e. The SMILES string of the molecule is COC(=O)N[C@@H](C(=O)N[C@@H](C)c1ncc(-c2cnc(-c3ccc(-c4cnc([C@H]5CCCN5C(=O)[C@H](NC(=O)OC)c5ccccc5)[nH]4)cc3)cn2)[nH]1)c1ccccc1. The molecule has 7 rings (SSSR count). The first-order chi connectivity index (χ1) is 28.2. The topological polar surface area (TPSA) is 209 Å². The highest BCUT2D eigenvalue weighted by Gasteiger charge is 2.37. The van der Waals surface area contributed by atoms with Gasteiger partial charge >= 0.3 is 12.2 Å². The minimum atomic E-state index is -0.965. The fraction of sp³-hybridized carbons (Fsp3) is 0.238. The molecule has 0 bridgehead atoms. The molecule has 0 saturated carbocycles. The third-order valence-corrected chi connectivity index (χ3v) is 9.90. The third-order valence-electron chi connectivity index (χ3n) is 9.90. The molecule has 4 amide bonds. The van der Waals surface area contributed by atoms with E-state index in [1.54, 1.807) is 73.0 Å². The van der Waals surface area contributed by atoms with E-state index in [1.807, 2.05) is 48.5 Å². The van der Waals surface area contributed by atoms with Crippen LogP contribution in [0.25, 0.3) is 33.9 Å². The summed E-state index contributed by atoms with van der Waals surface area (Å²) in [4.78, 5) is 78.0. The van der Waals surface area contributed by atoms with Crippen molar-refractivity contribution in [2.45, 2.75) is 43.9 Å². The molecule has 4 atom stereocenters. The van der Waals surface area contributed by atoms with Gasteiger partial charge in [0.1, 0.15) is 29.4 Å². The maximum atomic E-state index is 13.9. The van der Waals surface area contributed by atoms with E-state index in [2.05, 4.69) is 45.9 Å². The molecule has 1 aliphatic heterocycles. The lowest BCUT2D eigenvalue weighted by atomic mass is 10.1. The number of benzene rings is 3. The second-order valence-electron chi connectivity index (χ2n) is 13.6. The van der Waals surface area contributed by atoms with Gasteiger partial charge in [0, 0.05) is 12.1 Å². The molecule has 3 aromatic carbocycles. The van der Waals surface area contributed by atoms with E-state index in [1.165, 1.54) is 14.2 Å². The number of H-pyrrole nitrogens is 2. The maximum absolute atomic E-state index is 13.9. The summed E-state index contributed by atoms with van der Waals surface area (Å²) in [5, 5.41) is 8.17. The monoisotopic (exact) mass is 782 g/mol. The van der Waals surface area contributed by atoms with Gasteiger partial charge in [-0.25, -0.2) is 19.6 Å². The number of ether oxygens (including phenoxy) is 2. The van der Waals surface area contributed by atoms with E-state index in [9.17, 15) is 19.2 Å². The predicted molar refractivity (Wildman–Crippen MR) is 212 cm³/mol. The van der Waals surface area contributed by atoms with Gasteiger partial charge in [-0.15, -0.1) is 0 Å². The Kier molecular flexibility index (Phi) is 11.8. The van der Waals surface area contributed by atoms with Crippen LogP contribution < -0.4 is 16.0 Å². The Morgan fingerprint density at radius 1 is 0.672 bits per heavy atom. The van der Waals surface area contributed by atoms with Crippen LogP contribution in [0.2, 0.25) is 0 Å². The van der Waals surface area contributed by atoms with Crippen LogP contribution in [0.3, 0.4) is 0 Å². The minimum Gasteiger partial charge on any atom is -0.453 e. The Hall–Kier alpha value is -7.36. The van der Waals surface area contributed by atoms with Crippen LogP contribution >= 0.6 is 0 Å². The van der Waals surface area contributed by atoms with Crippen LogP contribution in [-0.4, -0.2) is 79.6 Å². The summed E-state index contributed by atoms with van der Waals surface area (Å²) in [6, 6.07) is 23.1. The van der Waals surface area contributed by atoms with Gasteiger partial charge in [-0.3, -0.25) is 19.6 Å². The third kappa shape index (κ3) is 8.70. The summed E-state index contributed by atoms with van der Waals surface area (Å²) in [7, 11) is 2.51. The number of carbonyl (C=O) groups is 4. The fourth-order valence-corrected chi connectivity index (χ4v) is 6.85. The molecule has 3 aromatic heterocycles. The lowest BCUT2D eigenvalue weighted by Gasteiger charge is -2.28. The summed E-state index contributed by atoms with van der Waals surface area (Å²) in [6.45, 7) is 2.31. The zero-order valence-electron chi connectivity index (χ0n) is 32.0. The Morgan fingerprint density at radius 2 is 1.26 bits per heavy atom. The first-order valence-corrected chi connectivity index (χ1v) is 18.6. The van der Waals surface area contributed by atoms with E-state index in [4.69, 9.17) is 9.47 Å². The molecule has 16 heteroatoms. The highest BCUT2D eigenvalue weighted by atomic mass is 16.5. The molecule has 5 N–H and O–H groups in total. The average molecular weight is 783 g/mol. The van der Waals surface area contributed by atoms with Crippen molar-refractivity contribution in [1.29, 1.82) is 0 Å². The number of aromatic nitrogens is 6. The smallest absolute Gasteiger partial charge is 0.407 e. The second kappa shape index (κ2) is 17.6. The van der Waals surface area contributed by atoms with Crippen molar-refractivity contribution in [3.8, 4) is 33.9 Å². The number of alkyl carbamates (subject to hydrolysis) is 2. The fourth-order valence-electron chi connectivity index (χ4n) is 6.85. The van der Waals surface area contributed by atoms with Gasteiger partial charge in [0.2, 0.25) is 5.91 Å². The lowest BCUT2D eigenvalue weighted by Crippen LogP contribution is -2.42. The van der Waals surface area contributed by atoms with Gasteiger partial charge in [-0.05, 0) is 36.5 Å². The van der Waals surface area contributed by atoms with Crippen LogP contribution in [0, 0.1) is 0 Å². The summed E-state index contributed by atoms with van der Waals surface area (Å²) >= 11 is 0. The van der Waals surface area contributed by atoms with Crippen LogP contribution in [0.5, 0.6) is 0 Å². The molecule has 58 heavy (non-hydrogen) atoms. The molecular formula is C42H42N10O6. The molecule has 1 fully saturated rings. The van der Waals surface area contributed by atoms with Crippen molar-refractivity contribution in [2.75, 3.05) is 20.8 Å². The Morgan fingerprint density at radius 3 is 1.90 bits per heavy atom. The summed E-state index contributed by atoms with van der Waals surface area (Å²) in [6.07, 6.45) is 6.82. The normalized spacial score (nSPS) is 15.2. The van der Waals surface area contributed by atoms with Gasteiger partial charge in [0.25, 0.3) is 5.91 Å². The first-order valence-electron chi connectivity index (χ1n) is 18.6. The zero-order chi connectivity index (χ0) is 40.6. The van der Waals surface area contributed by atoms with Crippen molar-refractivity contribution < 1.29 is 28.7 Å². The molecule has 0 aliphatic carbocycles. The van der Waals surface area contributed by atoms with E-state index in [-0.39, 0.29) is 11.9 Å². The van der Waals surface area contributed by atoms with Crippen molar-refractivity contribution in [3.63, 3.8) is 0 Å². The number of aromatic amines is 2. The van der Waals surface area contributed by atoms with Gasteiger partial charge in [0.05, 0.1) is 68.2 Å². The predicted octanol–water partition coefficient (Wildman–Crippen LogP) is 5.96. The van der Waals surface area contributed by atoms with Crippen LogP contribution in [0.1, 0.15) is 66.7 Å². The molecule has 0 spiro atoms. The standard InChI is InChI=1S/C42H42N10O6/c1-25(47-39(53)35(50-41(55)57-2)28-11-6-4-7-12-28)37-45-24-33(49-37)32-23-43-30(21-44-32)26-16-18-27(19-17-26)31-22-46-38(48-31)34-15-10-20-52(34)40(54)36(51-42(56)58-3)29-13-8-5-9-14-29/h4-9,11-14,16-19,21-25,34-36H,10,15,20H2,1-3H3,(H,45,49)(H,46,48)(H,47,53)(H,50,55)(H,51,56)/t25-,34+,35+,36+/m0/s1. The molecule has 16 nitrogen and oxygen atoms in total. The number of nitrogens with one attached hydrogen (secondary N) is 5. The first kappa shape index (κ1) is 38.9. The van der Waals surface area contributed by atoms with Crippen molar-refractivity contribution in [1.82, 2.24) is 50.8 Å². The van der Waals surface area contributed by atoms with E-state index < -0.39 is 36.2 Å². The van der Waals surface area contributed by atoms with Crippen LogP contribution in [-0.2, 0) is 19.1 Å². The van der Waals surface area contributed by atoms with E-state index in [0.29, 0.717) is 46.4 Å². The number of nitrogens with zero attached hydrogens (tertiary/aromatic N) is 5. The Balaban J connectivity index is 0.990. The Labute approximate surface area is 333 Å². The number of rotatable bonds is 12. The Bertz CT molecular complexity index is 2350. The minimum absolute atomic E-state index is 0.233. The molecule has 6 aromatic rings. The van der Waals surface area contributed by atoms with Gasteiger partial charge in [-0.2, -0.15) is 0 Å². The van der Waals surface area contributed by atoms with Gasteiger partial charge in [0.15, 0.2) is 0 Å². The van der Waals surface area contributed by atoms with Crippen molar-refractivity contribution >= 4 is 24.0 Å². The van der Waals surface area contributed by atoms with Crippen molar-refractivity contribution in [2.24, 2.45) is 0 Å². The van der Waals surface area contributed by atoms with Gasteiger partial charge in [-0.1, -0.05) is 84.9 Å². The van der Waals surface area contributed by atoms with E-state index in [0.717, 1.165) is 29.7 Å². The van der Waals surface area contributed by atoms with Crippen LogP contribution in [0.4, 0.5) is 9.59 Å². The van der Waals surface area contributed by atoms with Crippen molar-refractivity contribution in [3.05, 3.63) is 132 Å². The average Bonchev–Trinajstić information content (AvgIpc) is 4.07. The highest BCUT2D eigenvalue weighted by molar-refractivity contribution is 5.88. The summed E-state index contributed by atoms with van der Waals surface area (Å²) in [5.41, 5.74) is 5.67. The number of amides is 4. The molecule has 4 heterocycles. The van der Waals surface area contributed by atoms with Gasteiger partial charge < -0.3 is 40.3 Å². The quantitative estimate of drug-likeness (QED) is 0.0984. The molecular weight excluding hydrogens is 741 g/mol. The molecule has 1 saturated heterocycles. The number of hydrogen-bond acceptors (Lipinski definition) is 10.